The smallest absolute Gasteiger partial charge is 0.223 e. The zero-order valence-corrected chi connectivity index (χ0v) is 18.8. The first-order chi connectivity index (χ1) is 14.7. The Bertz CT molecular complexity index is 672. The van der Waals surface area contributed by atoms with Crippen molar-refractivity contribution in [3.8, 4) is 0 Å². The summed E-state index contributed by atoms with van der Waals surface area (Å²) < 4.78 is 0. The van der Waals surface area contributed by atoms with Crippen LogP contribution in [0.1, 0.15) is 57.1 Å². The SMILES string of the molecule is CCNC(=NCCCC(=O)N1Cc2ccccc2C1)NCCCN1CCC(C)CC1. The quantitative estimate of drug-likeness (QED) is 0.371. The Morgan fingerprint density at radius 3 is 2.47 bits per heavy atom. The molecule has 2 heterocycles. The van der Waals surface area contributed by atoms with E-state index in [9.17, 15) is 4.79 Å². The van der Waals surface area contributed by atoms with Crippen molar-refractivity contribution < 1.29 is 4.79 Å². The Balaban J connectivity index is 1.31. The van der Waals surface area contributed by atoms with E-state index in [4.69, 9.17) is 0 Å². The molecule has 6 nitrogen and oxygen atoms in total. The van der Waals surface area contributed by atoms with E-state index >= 15 is 0 Å². The molecule has 2 N–H and O–H groups in total. The number of rotatable bonds is 9. The molecule has 1 fully saturated rings. The molecule has 1 amide bonds. The summed E-state index contributed by atoms with van der Waals surface area (Å²) in [5.41, 5.74) is 2.56. The molecule has 166 valence electrons. The second-order valence-corrected chi connectivity index (χ2v) is 8.69. The monoisotopic (exact) mass is 413 g/mol. The van der Waals surface area contributed by atoms with E-state index in [-0.39, 0.29) is 5.91 Å². The molecule has 3 rings (SSSR count). The van der Waals surface area contributed by atoms with Gasteiger partial charge in [-0.05, 0) is 69.3 Å². The molecular weight excluding hydrogens is 374 g/mol. The lowest BCUT2D eigenvalue weighted by Gasteiger charge is -2.30. The predicted molar refractivity (Wildman–Crippen MR) is 123 cm³/mol. The predicted octanol–water partition coefficient (Wildman–Crippen LogP) is 2.99. The fourth-order valence-corrected chi connectivity index (χ4v) is 4.23. The van der Waals surface area contributed by atoms with Crippen LogP contribution >= 0.6 is 0 Å². The van der Waals surface area contributed by atoms with Crippen LogP contribution in [0.25, 0.3) is 0 Å². The standard InChI is InChI=1S/C24H39N5O/c1-3-25-24(27-14-7-15-28-16-11-20(2)12-17-28)26-13-6-10-23(30)29-18-21-8-4-5-9-22(21)19-29/h4-5,8-9,20H,3,6-7,10-19H2,1-2H3,(H2,25,26,27). The van der Waals surface area contributed by atoms with Crippen molar-refractivity contribution in [3.05, 3.63) is 35.4 Å². The molecule has 6 heteroatoms. The summed E-state index contributed by atoms with van der Waals surface area (Å²) in [5.74, 6) is 1.99. The number of fused-ring (bicyclic) bond motifs is 1. The molecular formula is C24H39N5O. The lowest BCUT2D eigenvalue weighted by molar-refractivity contribution is -0.131. The normalized spacial score (nSPS) is 17.8. The van der Waals surface area contributed by atoms with Crippen LogP contribution in [0.4, 0.5) is 0 Å². The highest BCUT2D eigenvalue weighted by Gasteiger charge is 2.22. The highest BCUT2D eigenvalue weighted by molar-refractivity contribution is 5.80. The molecule has 0 aliphatic carbocycles. The van der Waals surface area contributed by atoms with Crippen LogP contribution in [0.15, 0.2) is 29.3 Å². The number of benzene rings is 1. The lowest BCUT2D eigenvalue weighted by atomic mass is 9.99. The summed E-state index contributed by atoms with van der Waals surface area (Å²) in [5, 5.41) is 6.75. The van der Waals surface area contributed by atoms with E-state index in [2.05, 4.69) is 46.5 Å². The number of aliphatic imine (C=N–C) groups is 1. The van der Waals surface area contributed by atoms with Crippen molar-refractivity contribution in [1.29, 1.82) is 0 Å². The molecule has 0 aromatic heterocycles. The third-order valence-corrected chi connectivity index (χ3v) is 6.18. The summed E-state index contributed by atoms with van der Waals surface area (Å²) in [6, 6.07) is 8.33. The van der Waals surface area contributed by atoms with E-state index in [1.807, 2.05) is 17.0 Å². The Morgan fingerprint density at radius 1 is 1.10 bits per heavy atom. The van der Waals surface area contributed by atoms with Gasteiger partial charge in [0.15, 0.2) is 5.96 Å². The number of carbonyl (C=O) groups excluding carboxylic acids is 1. The molecule has 2 aliphatic rings. The van der Waals surface area contributed by atoms with Crippen LogP contribution in [0.3, 0.4) is 0 Å². The molecule has 1 saturated heterocycles. The van der Waals surface area contributed by atoms with Gasteiger partial charge < -0.3 is 20.4 Å². The molecule has 0 radical (unpaired) electrons. The number of guanidine groups is 1. The van der Waals surface area contributed by atoms with Gasteiger partial charge in [0.25, 0.3) is 0 Å². The maximum atomic E-state index is 12.5. The number of likely N-dealkylation sites (tertiary alicyclic amines) is 1. The topological polar surface area (TPSA) is 60.0 Å². The first-order valence-electron chi connectivity index (χ1n) is 11.7. The van der Waals surface area contributed by atoms with Gasteiger partial charge in [-0.2, -0.15) is 0 Å². The number of hydrogen-bond donors (Lipinski definition) is 2. The van der Waals surface area contributed by atoms with Crippen molar-refractivity contribution in [2.75, 3.05) is 39.3 Å². The Kier molecular flexibility index (Phi) is 9.00. The van der Waals surface area contributed by atoms with E-state index in [0.717, 1.165) is 57.4 Å². The molecule has 30 heavy (non-hydrogen) atoms. The number of nitrogens with one attached hydrogen (secondary N) is 2. The number of amides is 1. The van der Waals surface area contributed by atoms with Gasteiger partial charge in [-0.1, -0.05) is 31.2 Å². The molecule has 0 unspecified atom stereocenters. The molecule has 0 atom stereocenters. The van der Waals surface area contributed by atoms with Crippen molar-refractivity contribution in [1.82, 2.24) is 20.4 Å². The fourth-order valence-electron chi connectivity index (χ4n) is 4.23. The first kappa shape index (κ1) is 22.6. The van der Waals surface area contributed by atoms with Crippen LogP contribution in [-0.4, -0.2) is 60.9 Å². The molecule has 1 aromatic carbocycles. The van der Waals surface area contributed by atoms with Crippen molar-refractivity contribution >= 4 is 11.9 Å². The first-order valence-corrected chi connectivity index (χ1v) is 11.7. The zero-order chi connectivity index (χ0) is 21.2. The third-order valence-electron chi connectivity index (χ3n) is 6.18. The summed E-state index contributed by atoms with van der Waals surface area (Å²) in [6.07, 6.45) is 5.14. The van der Waals surface area contributed by atoms with E-state index in [1.165, 1.54) is 37.1 Å². The largest absolute Gasteiger partial charge is 0.357 e. The Morgan fingerprint density at radius 2 is 1.80 bits per heavy atom. The minimum absolute atomic E-state index is 0.232. The molecule has 0 bridgehead atoms. The summed E-state index contributed by atoms with van der Waals surface area (Å²) in [4.78, 5) is 21.7. The third kappa shape index (κ3) is 7.01. The molecule has 0 saturated carbocycles. The second kappa shape index (κ2) is 11.9. The second-order valence-electron chi connectivity index (χ2n) is 8.69. The number of carbonyl (C=O) groups is 1. The Hall–Kier alpha value is -2.08. The summed E-state index contributed by atoms with van der Waals surface area (Å²) in [6.45, 7) is 12.0. The highest BCUT2D eigenvalue weighted by atomic mass is 16.2. The minimum atomic E-state index is 0.232. The number of nitrogens with zero attached hydrogens (tertiary/aromatic N) is 3. The van der Waals surface area contributed by atoms with E-state index < -0.39 is 0 Å². The van der Waals surface area contributed by atoms with Crippen LogP contribution < -0.4 is 10.6 Å². The summed E-state index contributed by atoms with van der Waals surface area (Å²) in [7, 11) is 0. The maximum absolute atomic E-state index is 12.5. The summed E-state index contributed by atoms with van der Waals surface area (Å²) >= 11 is 0. The van der Waals surface area contributed by atoms with Crippen molar-refractivity contribution in [3.63, 3.8) is 0 Å². The Labute approximate surface area is 182 Å². The van der Waals surface area contributed by atoms with Crippen molar-refractivity contribution in [2.45, 2.75) is 59.0 Å². The van der Waals surface area contributed by atoms with E-state index in [0.29, 0.717) is 13.0 Å². The van der Waals surface area contributed by atoms with Crippen LogP contribution in [-0.2, 0) is 17.9 Å². The average Bonchev–Trinajstić information content (AvgIpc) is 3.19. The van der Waals surface area contributed by atoms with Gasteiger partial charge in [-0.15, -0.1) is 0 Å². The zero-order valence-electron chi connectivity index (χ0n) is 18.8. The molecule has 2 aliphatic heterocycles. The number of piperidine rings is 1. The minimum Gasteiger partial charge on any atom is -0.357 e. The van der Waals surface area contributed by atoms with Gasteiger partial charge in [0, 0.05) is 39.1 Å². The maximum Gasteiger partial charge on any atom is 0.223 e. The van der Waals surface area contributed by atoms with Crippen molar-refractivity contribution in [2.24, 2.45) is 10.9 Å². The highest BCUT2D eigenvalue weighted by Crippen LogP contribution is 2.22. The van der Waals surface area contributed by atoms with Gasteiger partial charge in [0.2, 0.25) is 5.91 Å². The number of hydrogen-bond acceptors (Lipinski definition) is 3. The van der Waals surface area contributed by atoms with Gasteiger partial charge >= 0.3 is 0 Å². The average molecular weight is 414 g/mol. The molecule has 1 aromatic rings. The molecule has 0 spiro atoms. The van der Waals surface area contributed by atoms with Crippen LogP contribution in [0, 0.1) is 5.92 Å². The van der Waals surface area contributed by atoms with Gasteiger partial charge in [-0.3, -0.25) is 9.79 Å². The van der Waals surface area contributed by atoms with Gasteiger partial charge in [0.1, 0.15) is 0 Å². The fraction of sp³-hybridized carbons (Fsp3) is 0.667. The van der Waals surface area contributed by atoms with Gasteiger partial charge in [-0.25, -0.2) is 0 Å². The van der Waals surface area contributed by atoms with E-state index in [1.54, 1.807) is 0 Å². The van der Waals surface area contributed by atoms with Crippen LogP contribution in [0.2, 0.25) is 0 Å². The lowest BCUT2D eigenvalue weighted by Crippen LogP contribution is -2.39. The van der Waals surface area contributed by atoms with Crippen LogP contribution in [0.5, 0.6) is 0 Å². The van der Waals surface area contributed by atoms with Gasteiger partial charge in [0.05, 0.1) is 0 Å².